The van der Waals surface area contributed by atoms with Gasteiger partial charge in [-0.25, -0.2) is 17.2 Å². The minimum atomic E-state index is -4.12. The summed E-state index contributed by atoms with van der Waals surface area (Å²) in [6.07, 6.45) is -1.05. The third kappa shape index (κ3) is 4.74. The summed E-state index contributed by atoms with van der Waals surface area (Å²) in [5, 5.41) is 0. The van der Waals surface area contributed by atoms with Crippen molar-refractivity contribution in [1.29, 1.82) is 0 Å². The van der Waals surface area contributed by atoms with Gasteiger partial charge in [-0.1, -0.05) is 6.07 Å². The van der Waals surface area contributed by atoms with E-state index in [1.54, 1.807) is 0 Å². The molecule has 2 rings (SSSR count). The highest BCUT2D eigenvalue weighted by atomic mass is 32.2. The average Bonchev–Trinajstić information content (AvgIpc) is 2.55. The van der Waals surface area contributed by atoms with E-state index in [0.717, 1.165) is 24.3 Å². The molecule has 24 heavy (non-hydrogen) atoms. The molecule has 1 amide bonds. The molecule has 0 bridgehead atoms. The summed E-state index contributed by atoms with van der Waals surface area (Å²) < 4.78 is 55.0. The number of rotatable bonds is 6. The van der Waals surface area contributed by atoms with Gasteiger partial charge in [0.1, 0.15) is 17.4 Å². The molecular formula is C15H14F2N2O4S. The van der Waals surface area contributed by atoms with Gasteiger partial charge in [-0.3, -0.25) is 10.2 Å². The molecule has 2 aromatic carbocycles. The molecule has 0 saturated carbocycles. The van der Waals surface area contributed by atoms with Crippen molar-refractivity contribution in [2.45, 2.75) is 17.9 Å². The van der Waals surface area contributed by atoms with E-state index in [-0.39, 0.29) is 10.6 Å². The number of carbonyl (C=O) groups excluding carboxylic acids is 1. The van der Waals surface area contributed by atoms with Crippen molar-refractivity contribution >= 4 is 15.9 Å². The molecule has 0 fully saturated rings. The van der Waals surface area contributed by atoms with Gasteiger partial charge < -0.3 is 4.74 Å². The van der Waals surface area contributed by atoms with Gasteiger partial charge in [0, 0.05) is 0 Å². The monoisotopic (exact) mass is 356 g/mol. The van der Waals surface area contributed by atoms with Gasteiger partial charge in [0.15, 0.2) is 6.10 Å². The zero-order valence-electron chi connectivity index (χ0n) is 12.5. The molecule has 9 heteroatoms. The van der Waals surface area contributed by atoms with Crippen LogP contribution in [0.1, 0.15) is 6.92 Å². The Kier molecular flexibility index (Phi) is 5.47. The summed E-state index contributed by atoms with van der Waals surface area (Å²) in [6.45, 7) is 1.38. The first-order valence-corrected chi connectivity index (χ1v) is 8.26. The molecule has 1 atom stereocenters. The number of amides is 1. The number of hydrogen-bond donors (Lipinski definition) is 2. The van der Waals surface area contributed by atoms with Crippen molar-refractivity contribution < 1.29 is 26.7 Å². The standard InChI is InChI=1S/C15H14F2N2O4S/c1-10(23-13-7-5-11(16)6-8-13)15(20)18-19-24(21,22)14-4-2-3-12(17)9-14/h2-10,19H,1H3,(H,18,20)/t10-/m0/s1. The lowest BCUT2D eigenvalue weighted by atomic mass is 10.3. The van der Waals surface area contributed by atoms with Crippen LogP contribution in [0.2, 0.25) is 0 Å². The number of ether oxygens (including phenoxy) is 1. The van der Waals surface area contributed by atoms with Gasteiger partial charge in [0.05, 0.1) is 4.90 Å². The largest absolute Gasteiger partial charge is 0.481 e. The Balaban J connectivity index is 1.95. The Morgan fingerprint density at radius 1 is 1.08 bits per heavy atom. The third-order valence-electron chi connectivity index (χ3n) is 2.91. The molecule has 0 heterocycles. The van der Waals surface area contributed by atoms with Gasteiger partial charge in [-0.15, -0.1) is 4.83 Å². The third-order valence-corrected chi connectivity index (χ3v) is 4.16. The van der Waals surface area contributed by atoms with Gasteiger partial charge in [-0.05, 0) is 49.4 Å². The quantitative estimate of drug-likeness (QED) is 0.772. The second-order valence-electron chi connectivity index (χ2n) is 4.77. The molecular weight excluding hydrogens is 342 g/mol. The second-order valence-corrected chi connectivity index (χ2v) is 6.45. The first kappa shape index (κ1) is 17.8. The summed E-state index contributed by atoms with van der Waals surface area (Å²) in [4.78, 5) is 13.4. The molecule has 0 radical (unpaired) electrons. The molecule has 6 nitrogen and oxygen atoms in total. The SMILES string of the molecule is C[C@H](Oc1ccc(F)cc1)C(=O)NNS(=O)(=O)c1cccc(F)c1. The second kappa shape index (κ2) is 7.37. The summed E-state index contributed by atoms with van der Waals surface area (Å²) in [5.41, 5.74) is 1.97. The molecule has 2 N–H and O–H groups in total. The van der Waals surface area contributed by atoms with Crippen molar-refractivity contribution in [2.75, 3.05) is 0 Å². The van der Waals surface area contributed by atoms with Crippen LogP contribution in [0.5, 0.6) is 5.75 Å². The summed E-state index contributed by atoms with van der Waals surface area (Å²) in [6, 6.07) is 9.29. The molecule has 0 aromatic heterocycles. The predicted octanol–water partition coefficient (Wildman–Crippen LogP) is 1.74. The van der Waals surface area contributed by atoms with Gasteiger partial charge in [0.2, 0.25) is 0 Å². The summed E-state index contributed by atoms with van der Waals surface area (Å²) in [7, 11) is -4.12. The van der Waals surface area contributed by atoms with Crippen LogP contribution in [-0.2, 0) is 14.8 Å². The molecule has 0 unspecified atom stereocenters. The Labute approximate surface area is 137 Å². The lowest BCUT2D eigenvalue weighted by Gasteiger charge is -2.15. The van der Waals surface area contributed by atoms with Crippen LogP contribution in [0.3, 0.4) is 0 Å². The molecule has 0 aliphatic rings. The van der Waals surface area contributed by atoms with Crippen LogP contribution >= 0.6 is 0 Å². The van der Waals surface area contributed by atoms with Crippen LogP contribution in [0.25, 0.3) is 0 Å². The highest BCUT2D eigenvalue weighted by Crippen LogP contribution is 2.13. The molecule has 2 aromatic rings. The zero-order valence-corrected chi connectivity index (χ0v) is 13.3. The van der Waals surface area contributed by atoms with Crippen molar-refractivity contribution in [1.82, 2.24) is 10.3 Å². The van der Waals surface area contributed by atoms with Gasteiger partial charge in [0.25, 0.3) is 15.9 Å². The lowest BCUT2D eigenvalue weighted by Crippen LogP contribution is -2.47. The first-order chi connectivity index (χ1) is 11.3. The highest BCUT2D eigenvalue weighted by Gasteiger charge is 2.19. The maximum absolute atomic E-state index is 13.1. The van der Waals surface area contributed by atoms with E-state index < -0.39 is 33.7 Å². The van der Waals surface area contributed by atoms with Crippen LogP contribution in [0, 0.1) is 11.6 Å². The molecule has 0 aliphatic heterocycles. The number of halogens is 2. The number of sulfonamides is 1. The fourth-order valence-corrected chi connectivity index (χ4v) is 2.56. The zero-order chi connectivity index (χ0) is 17.7. The summed E-state index contributed by atoms with van der Waals surface area (Å²) >= 11 is 0. The van der Waals surface area contributed by atoms with E-state index in [0.29, 0.717) is 0 Å². The minimum Gasteiger partial charge on any atom is -0.481 e. The smallest absolute Gasteiger partial charge is 0.275 e. The fraction of sp³-hybridized carbons (Fsp3) is 0.133. The van der Waals surface area contributed by atoms with Crippen LogP contribution in [-0.4, -0.2) is 20.4 Å². The van der Waals surface area contributed by atoms with E-state index in [2.05, 4.69) is 0 Å². The maximum atomic E-state index is 13.1. The molecule has 0 spiro atoms. The van der Waals surface area contributed by atoms with E-state index in [1.807, 2.05) is 10.3 Å². The van der Waals surface area contributed by atoms with E-state index >= 15 is 0 Å². The molecule has 128 valence electrons. The molecule has 0 saturated heterocycles. The van der Waals surface area contributed by atoms with Crippen LogP contribution < -0.4 is 15.0 Å². The Hall–Kier alpha value is -2.52. The Morgan fingerprint density at radius 3 is 2.38 bits per heavy atom. The molecule has 0 aliphatic carbocycles. The number of carbonyl (C=O) groups is 1. The van der Waals surface area contributed by atoms with Crippen molar-refractivity contribution in [3.05, 3.63) is 60.2 Å². The number of hydrogen-bond acceptors (Lipinski definition) is 4. The van der Waals surface area contributed by atoms with Crippen LogP contribution in [0.4, 0.5) is 8.78 Å². The number of benzene rings is 2. The van der Waals surface area contributed by atoms with Gasteiger partial charge in [-0.2, -0.15) is 0 Å². The first-order valence-electron chi connectivity index (χ1n) is 6.77. The fourth-order valence-electron chi connectivity index (χ4n) is 1.68. The summed E-state index contributed by atoms with van der Waals surface area (Å²) in [5.74, 6) is -1.72. The van der Waals surface area contributed by atoms with E-state index in [4.69, 9.17) is 4.74 Å². The van der Waals surface area contributed by atoms with E-state index in [1.165, 1.54) is 31.2 Å². The predicted molar refractivity (Wildman–Crippen MR) is 81.4 cm³/mol. The topological polar surface area (TPSA) is 84.5 Å². The Bertz CT molecular complexity index is 826. The lowest BCUT2D eigenvalue weighted by molar-refractivity contribution is -0.127. The Morgan fingerprint density at radius 2 is 1.75 bits per heavy atom. The minimum absolute atomic E-state index is 0.243. The highest BCUT2D eigenvalue weighted by molar-refractivity contribution is 7.89. The normalized spacial score (nSPS) is 12.5. The average molecular weight is 356 g/mol. The van der Waals surface area contributed by atoms with Crippen LogP contribution in [0.15, 0.2) is 53.4 Å². The van der Waals surface area contributed by atoms with Gasteiger partial charge >= 0.3 is 0 Å². The van der Waals surface area contributed by atoms with Crippen molar-refractivity contribution in [3.63, 3.8) is 0 Å². The number of hydrazine groups is 1. The van der Waals surface area contributed by atoms with Crippen molar-refractivity contribution in [2.24, 2.45) is 0 Å². The maximum Gasteiger partial charge on any atom is 0.275 e. The van der Waals surface area contributed by atoms with E-state index in [9.17, 15) is 22.0 Å². The number of nitrogens with one attached hydrogen (secondary N) is 2. The van der Waals surface area contributed by atoms with Crippen molar-refractivity contribution in [3.8, 4) is 5.75 Å².